The molecule has 1 aromatic carbocycles. The van der Waals surface area contributed by atoms with Gasteiger partial charge in [0.15, 0.2) is 0 Å². The van der Waals surface area contributed by atoms with E-state index in [0.717, 1.165) is 10.7 Å². The van der Waals surface area contributed by atoms with Crippen LogP contribution >= 0.6 is 23.4 Å². The van der Waals surface area contributed by atoms with Crippen molar-refractivity contribution in [3.05, 3.63) is 52.9 Å². The van der Waals surface area contributed by atoms with Gasteiger partial charge in [-0.25, -0.2) is 0 Å². The van der Waals surface area contributed by atoms with Gasteiger partial charge in [-0.3, -0.25) is 0 Å². The number of hydrogen-bond donors (Lipinski definition) is 0. The van der Waals surface area contributed by atoms with Crippen LogP contribution in [-0.2, 0) is 5.75 Å². The lowest BCUT2D eigenvalue weighted by Gasteiger charge is -2.02. The monoisotopic (exact) mass is 249 g/mol. The van der Waals surface area contributed by atoms with Crippen LogP contribution in [0.2, 0.25) is 5.02 Å². The third-order valence-corrected chi connectivity index (χ3v) is 3.33. The van der Waals surface area contributed by atoms with Gasteiger partial charge in [-0.2, -0.15) is 5.26 Å². The summed E-state index contributed by atoms with van der Waals surface area (Å²) in [6, 6.07) is 11.1. The number of rotatable bonds is 3. The summed E-state index contributed by atoms with van der Waals surface area (Å²) in [5.74, 6) is 1.58. The topological polar surface area (TPSA) is 36.9 Å². The first-order chi connectivity index (χ1) is 7.79. The predicted molar refractivity (Wildman–Crippen MR) is 64.4 cm³/mol. The Hall–Kier alpha value is -1.37. The van der Waals surface area contributed by atoms with Crippen LogP contribution in [0.1, 0.15) is 11.3 Å². The Morgan fingerprint density at radius 3 is 2.94 bits per heavy atom. The number of benzene rings is 1. The summed E-state index contributed by atoms with van der Waals surface area (Å²) in [6.45, 7) is 0. The Labute approximate surface area is 103 Å². The van der Waals surface area contributed by atoms with Crippen LogP contribution < -0.4 is 0 Å². The maximum absolute atomic E-state index is 8.94. The molecule has 0 aliphatic carbocycles. The molecule has 0 bridgehead atoms. The maximum Gasteiger partial charge on any atom is 0.113 e. The van der Waals surface area contributed by atoms with Gasteiger partial charge in [0.25, 0.3) is 0 Å². The van der Waals surface area contributed by atoms with E-state index in [0.29, 0.717) is 16.3 Å². The van der Waals surface area contributed by atoms with E-state index in [1.165, 1.54) is 0 Å². The fourth-order valence-electron chi connectivity index (χ4n) is 1.25. The van der Waals surface area contributed by atoms with Gasteiger partial charge in [-0.05, 0) is 30.3 Å². The van der Waals surface area contributed by atoms with Crippen molar-refractivity contribution >= 4 is 23.4 Å². The van der Waals surface area contributed by atoms with Gasteiger partial charge in [0, 0.05) is 9.92 Å². The molecule has 1 heterocycles. The smallest absolute Gasteiger partial charge is 0.113 e. The summed E-state index contributed by atoms with van der Waals surface area (Å²) in [5, 5.41) is 9.58. The molecule has 4 heteroatoms. The van der Waals surface area contributed by atoms with E-state index in [2.05, 4.69) is 6.07 Å². The van der Waals surface area contributed by atoms with E-state index in [9.17, 15) is 0 Å². The molecule has 0 aliphatic rings. The third kappa shape index (κ3) is 2.60. The molecule has 0 fully saturated rings. The summed E-state index contributed by atoms with van der Waals surface area (Å²) in [7, 11) is 0. The Bertz CT molecular complexity index is 516. The fourth-order valence-corrected chi connectivity index (χ4v) is 2.43. The predicted octanol–water partition coefficient (Wildman–Crippen LogP) is 4.10. The highest BCUT2D eigenvalue weighted by Gasteiger charge is 2.05. The van der Waals surface area contributed by atoms with Crippen molar-refractivity contribution in [2.45, 2.75) is 10.6 Å². The number of nitrogens with zero attached hydrogens (tertiary/aromatic N) is 1. The van der Waals surface area contributed by atoms with Crippen LogP contribution in [0.3, 0.4) is 0 Å². The Morgan fingerprint density at radius 1 is 1.38 bits per heavy atom. The molecule has 0 atom stereocenters. The zero-order valence-electron chi connectivity index (χ0n) is 8.31. The second-order valence-corrected chi connectivity index (χ2v) is 4.57. The second kappa shape index (κ2) is 5.11. The number of thioether (sulfide) groups is 1. The van der Waals surface area contributed by atoms with Crippen molar-refractivity contribution in [2.75, 3.05) is 0 Å². The molecule has 2 rings (SSSR count). The largest absolute Gasteiger partial charge is 0.468 e. The van der Waals surface area contributed by atoms with Gasteiger partial charge in [-0.15, -0.1) is 11.8 Å². The normalized spacial score (nSPS) is 10.0. The molecular weight excluding hydrogens is 242 g/mol. The highest BCUT2D eigenvalue weighted by atomic mass is 35.5. The third-order valence-electron chi connectivity index (χ3n) is 2.01. The van der Waals surface area contributed by atoms with Crippen molar-refractivity contribution in [1.29, 1.82) is 5.26 Å². The van der Waals surface area contributed by atoms with Gasteiger partial charge in [-0.1, -0.05) is 11.6 Å². The standard InChI is InChI=1S/C12H8ClNOS/c13-10-4-3-9(7-14)12(6-10)16-8-11-2-1-5-15-11/h1-6H,8H2. The average molecular weight is 250 g/mol. The Kier molecular flexibility index (Phi) is 3.55. The van der Waals surface area contributed by atoms with Crippen molar-refractivity contribution in [2.24, 2.45) is 0 Å². The molecule has 0 spiro atoms. The van der Waals surface area contributed by atoms with Crippen LogP contribution in [-0.4, -0.2) is 0 Å². The summed E-state index contributed by atoms with van der Waals surface area (Å²) < 4.78 is 5.22. The van der Waals surface area contributed by atoms with Crippen LogP contribution in [0.4, 0.5) is 0 Å². The van der Waals surface area contributed by atoms with Crippen molar-refractivity contribution in [3.63, 3.8) is 0 Å². The van der Waals surface area contributed by atoms with Crippen LogP contribution in [0.25, 0.3) is 0 Å². The Balaban J connectivity index is 2.15. The average Bonchev–Trinajstić information content (AvgIpc) is 2.79. The number of furan rings is 1. The van der Waals surface area contributed by atoms with Gasteiger partial charge in [0.1, 0.15) is 11.8 Å². The molecule has 0 N–H and O–H groups in total. The lowest BCUT2D eigenvalue weighted by molar-refractivity contribution is 0.530. The molecular formula is C12H8ClNOS. The summed E-state index contributed by atoms with van der Waals surface area (Å²) in [5.41, 5.74) is 0.640. The van der Waals surface area contributed by atoms with Crippen LogP contribution in [0.15, 0.2) is 45.9 Å². The van der Waals surface area contributed by atoms with E-state index in [1.807, 2.05) is 12.1 Å². The molecule has 0 radical (unpaired) electrons. The highest BCUT2D eigenvalue weighted by Crippen LogP contribution is 2.28. The molecule has 0 saturated carbocycles. The first kappa shape index (κ1) is 11.1. The molecule has 80 valence electrons. The molecule has 0 saturated heterocycles. The maximum atomic E-state index is 8.94. The van der Waals surface area contributed by atoms with E-state index in [1.54, 1.807) is 36.2 Å². The zero-order valence-corrected chi connectivity index (χ0v) is 9.89. The SMILES string of the molecule is N#Cc1ccc(Cl)cc1SCc1ccco1. The molecule has 0 aliphatic heterocycles. The first-order valence-electron chi connectivity index (χ1n) is 4.64. The highest BCUT2D eigenvalue weighted by molar-refractivity contribution is 7.98. The van der Waals surface area contributed by atoms with Gasteiger partial charge >= 0.3 is 0 Å². The van der Waals surface area contributed by atoms with Gasteiger partial charge in [0.05, 0.1) is 17.6 Å². The van der Waals surface area contributed by atoms with E-state index >= 15 is 0 Å². The van der Waals surface area contributed by atoms with Gasteiger partial charge < -0.3 is 4.42 Å². The number of halogens is 1. The van der Waals surface area contributed by atoms with Crippen molar-refractivity contribution in [1.82, 2.24) is 0 Å². The minimum absolute atomic E-state index is 0.640. The first-order valence-corrected chi connectivity index (χ1v) is 6.01. The number of nitriles is 1. The van der Waals surface area contributed by atoms with Crippen molar-refractivity contribution < 1.29 is 4.42 Å². The van der Waals surface area contributed by atoms with Crippen LogP contribution in [0.5, 0.6) is 0 Å². The van der Waals surface area contributed by atoms with Crippen LogP contribution in [0, 0.1) is 11.3 Å². The molecule has 16 heavy (non-hydrogen) atoms. The minimum atomic E-state index is 0.640. The minimum Gasteiger partial charge on any atom is -0.468 e. The second-order valence-electron chi connectivity index (χ2n) is 3.12. The summed E-state index contributed by atoms with van der Waals surface area (Å²) in [6.07, 6.45) is 1.64. The summed E-state index contributed by atoms with van der Waals surface area (Å²) in [4.78, 5) is 0.881. The van der Waals surface area contributed by atoms with Gasteiger partial charge in [0.2, 0.25) is 0 Å². The quantitative estimate of drug-likeness (QED) is 0.769. The van der Waals surface area contributed by atoms with E-state index in [-0.39, 0.29) is 0 Å². The fraction of sp³-hybridized carbons (Fsp3) is 0.0833. The molecule has 1 aromatic heterocycles. The number of hydrogen-bond acceptors (Lipinski definition) is 3. The molecule has 0 amide bonds. The molecule has 2 aromatic rings. The Morgan fingerprint density at radius 2 is 2.25 bits per heavy atom. The molecule has 2 nitrogen and oxygen atoms in total. The molecule has 0 unspecified atom stereocenters. The zero-order chi connectivity index (χ0) is 11.4. The van der Waals surface area contributed by atoms with E-state index in [4.69, 9.17) is 21.3 Å². The van der Waals surface area contributed by atoms with E-state index < -0.39 is 0 Å². The summed E-state index contributed by atoms with van der Waals surface area (Å²) >= 11 is 7.43. The van der Waals surface area contributed by atoms with Crippen molar-refractivity contribution in [3.8, 4) is 6.07 Å². The lowest BCUT2D eigenvalue weighted by atomic mass is 10.2. The lowest BCUT2D eigenvalue weighted by Crippen LogP contribution is -1.82.